The maximum Gasteiger partial charge on any atom is 0.250 e. The van der Waals surface area contributed by atoms with Crippen LogP contribution in [0.2, 0.25) is 5.02 Å². The number of ketones is 1. The fourth-order valence-corrected chi connectivity index (χ4v) is 5.25. The van der Waals surface area contributed by atoms with E-state index in [1.54, 1.807) is 25.3 Å². The fraction of sp³-hybridized carbons (Fsp3) is 0.250. The second-order valence-corrected chi connectivity index (χ2v) is 8.43. The Balaban J connectivity index is 1.73. The zero-order valence-corrected chi connectivity index (χ0v) is 17.8. The van der Waals surface area contributed by atoms with Gasteiger partial charge in [-0.2, -0.15) is 0 Å². The fourth-order valence-electron chi connectivity index (χ4n) is 5.13. The van der Waals surface area contributed by atoms with Crippen molar-refractivity contribution in [1.82, 2.24) is 4.90 Å². The summed E-state index contributed by atoms with van der Waals surface area (Å²) in [7, 11) is 3.46. The van der Waals surface area contributed by atoms with Gasteiger partial charge in [-0.1, -0.05) is 23.7 Å². The van der Waals surface area contributed by atoms with Crippen LogP contribution in [0.15, 0.2) is 65.3 Å². The monoisotopic (exact) mass is 436 g/mol. The Morgan fingerprint density at radius 3 is 2.68 bits per heavy atom. The number of furan rings is 1. The Kier molecular flexibility index (Phi) is 4.64. The van der Waals surface area contributed by atoms with Gasteiger partial charge in [-0.15, -0.1) is 0 Å². The SMILES string of the molecule is COc1ccc2c(c1)[C@]1(C(=O)N2)[C@@H](C(=O)c2ccco2)[C@@H](c2ccc(Cl)cc2)CN1C. The summed E-state index contributed by atoms with van der Waals surface area (Å²) >= 11 is 6.10. The van der Waals surface area contributed by atoms with Crippen molar-refractivity contribution in [1.29, 1.82) is 0 Å². The lowest BCUT2D eigenvalue weighted by Gasteiger charge is -2.35. The van der Waals surface area contributed by atoms with Crippen LogP contribution in [0.25, 0.3) is 0 Å². The Hall–Kier alpha value is -3.09. The number of halogens is 1. The Bertz CT molecular complexity index is 1160. The third-order valence-corrected chi connectivity index (χ3v) is 6.75. The smallest absolute Gasteiger partial charge is 0.250 e. The van der Waals surface area contributed by atoms with Gasteiger partial charge in [0, 0.05) is 28.7 Å². The number of hydrogen-bond donors (Lipinski definition) is 1. The van der Waals surface area contributed by atoms with Gasteiger partial charge in [-0.05, 0) is 55.1 Å². The molecule has 1 amide bonds. The van der Waals surface area contributed by atoms with Gasteiger partial charge in [0.05, 0.1) is 19.3 Å². The molecular formula is C24H21ClN2O4. The molecule has 7 heteroatoms. The quantitative estimate of drug-likeness (QED) is 0.617. The van der Waals surface area contributed by atoms with E-state index in [0.29, 0.717) is 23.0 Å². The number of fused-ring (bicyclic) bond motifs is 2. The van der Waals surface area contributed by atoms with Crippen LogP contribution in [0.1, 0.15) is 27.6 Å². The lowest BCUT2D eigenvalue weighted by atomic mass is 9.71. The first-order valence-corrected chi connectivity index (χ1v) is 10.4. The van der Waals surface area contributed by atoms with E-state index in [0.717, 1.165) is 11.1 Å². The number of likely N-dealkylation sites (N-methyl/N-ethyl adjacent to an activating group) is 1. The average molecular weight is 437 g/mol. The van der Waals surface area contributed by atoms with E-state index in [9.17, 15) is 9.59 Å². The molecule has 0 saturated carbocycles. The van der Waals surface area contributed by atoms with Crippen LogP contribution in [-0.4, -0.2) is 37.3 Å². The molecule has 2 aliphatic heterocycles. The summed E-state index contributed by atoms with van der Waals surface area (Å²) in [6, 6.07) is 16.2. The van der Waals surface area contributed by atoms with Gasteiger partial charge >= 0.3 is 0 Å². The largest absolute Gasteiger partial charge is 0.497 e. The molecule has 3 aromatic rings. The van der Waals surface area contributed by atoms with Crippen molar-refractivity contribution in [2.45, 2.75) is 11.5 Å². The number of benzene rings is 2. The van der Waals surface area contributed by atoms with E-state index in [-0.39, 0.29) is 23.4 Å². The van der Waals surface area contributed by atoms with Gasteiger partial charge in [0.25, 0.3) is 0 Å². The molecular weight excluding hydrogens is 416 g/mol. The van der Waals surface area contributed by atoms with Crippen LogP contribution in [0.3, 0.4) is 0 Å². The first kappa shape index (κ1) is 19.8. The molecule has 0 bridgehead atoms. The second kappa shape index (κ2) is 7.25. The van der Waals surface area contributed by atoms with Crippen molar-refractivity contribution in [2.24, 2.45) is 5.92 Å². The molecule has 1 saturated heterocycles. The average Bonchev–Trinajstić information content (AvgIpc) is 3.47. The number of ether oxygens (including phenoxy) is 1. The zero-order chi connectivity index (χ0) is 21.8. The molecule has 31 heavy (non-hydrogen) atoms. The van der Waals surface area contributed by atoms with Crippen molar-refractivity contribution in [3.05, 3.63) is 82.8 Å². The van der Waals surface area contributed by atoms with Crippen molar-refractivity contribution >= 4 is 29.0 Å². The number of rotatable bonds is 4. The molecule has 1 fully saturated rings. The van der Waals surface area contributed by atoms with Crippen LogP contribution >= 0.6 is 11.6 Å². The summed E-state index contributed by atoms with van der Waals surface area (Å²) < 4.78 is 10.9. The molecule has 2 aliphatic rings. The van der Waals surface area contributed by atoms with Gasteiger partial charge < -0.3 is 14.5 Å². The number of nitrogens with one attached hydrogen (secondary N) is 1. The first-order valence-electron chi connectivity index (χ1n) is 10.0. The highest BCUT2D eigenvalue weighted by molar-refractivity contribution is 6.30. The summed E-state index contributed by atoms with van der Waals surface area (Å²) in [6.07, 6.45) is 1.47. The lowest BCUT2D eigenvalue weighted by Crippen LogP contribution is -2.51. The molecule has 3 heterocycles. The minimum absolute atomic E-state index is 0.208. The molecule has 158 valence electrons. The number of hydrogen-bond acceptors (Lipinski definition) is 5. The molecule has 1 spiro atoms. The third kappa shape index (κ3) is 2.82. The topological polar surface area (TPSA) is 71.8 Å². The minimum Gasteiger partial charge on any atom is -0.497 e. The van der Waals surface area contributed by atoms with E-state index >= 15 is 0 Å². The van der Waals surface area contributed by atoms with E-state index in [2.05, 4.69) is 5.32 Å². The maximum atomic E-state index is 13.8. The number of likely N-dealkylation sites (tertiary alicyclic amines) is 1. The van der Waals surface area contributed by atoms with Crippen LogP contribution in [0.4, 0.5) is 5.69 Å². The first-order chi connectivity index (χ1) is 15.0. The van der Waals surface area contributed by atoms with Crippen LogP contribution < -0.4 is 10.1 Å². The number of methoxy groups -OCH3 is 1. The Morgan fingerprint density at radius 2 is 2.00 bits per heavy atom. The molecule has 1 N–H and O–H groups in total. The van der Waals surface area contributed by atoms with Gasteiger partial charge in [0.2, 0.25) is 11.7 Å². The zero-order valence-electron chi connectivity index (χ0n) is 17.1. The molecule has 6 nitrogen and oxygen atoms in total. The molecule has 3 atom stereocenters. The van der Waals surface area contributed by atoms with Crippen molar-refractivity contribution in [3.8, 4) is 5.75 Å². The van der Waals surface area contributed by atoms with E-state index in [1.807, 2.05) is 48.3 Å². The number of carbonyl (C=O) groups excluding carboxylic acids is 2. The van der Waals surface area contributed by atoms with Crippen molar-refractivity contribution < 1.29 is 18.7 Å². The Morgan fingerprint density at radius 1 is 1.23 bits per heavy atom. The number of carbonyl (C=O) groups is 2. The normalized spacial score (nSPS) is 24.9. The predicted octanol–water partition coefficient (Wildman–Crippen LogP) is 4.32. The molecule has 1 aromatic heterocycles. The maximum absolute atomic E-state index is 13.8. The molecule has 5 rings (SSSR count). The van der Waals surface area contributed by atoms with Crippen molar-refractivity contribution in [2.75, 3.05) is 26.0 Å². The predicted molar refractivity (Wildman–Crippen MR) is 117 cm³/mol. The van der Waals surface area contributed by atoms with E-state index in [4.69, 9.17) is 20.8 Å². The van der Waals surface area contributed by atoms with Gasteiger partial charge in [0.15, 0.2) is 5.76 Å². The van der Waals surface area contributed by atoms with Gasteiger partial charge in [0.1, 0.15) is 11.3 Å². The molecule has 0 unspecified atom stereocenters. The lowest BCUT2D eigenvalue weighted by molar-refractivity contribution is -0.126. The summed E-state index contributed by atoms with van der Waals surface area (Å²) in [4.78, 5) is 29.4. The summed E-state index contributed by atoms with van der Waals surface area (Å²) in [5.41, 5.74) is 1.19. The summed E-state index contributed by atoms with van der Waals surface area (Å²) in [6.45, 7) is 0.517. The molecule has 2 aromatic carbocycles. The van der Waals surface area contributed by atoms with E-state index in [1.165, 1.54) is 6.26 Å². The molecule has 0 radical (unpaired) electrons. The van der Waals surface area contributed by atoms with Crippen LogP contribution in [0, 0.1) is 5.92 Å². The highest BCUT2D eigenvalue weighted by atomic mass is 35.5. The number of amides is 1. The molecule has 0 aliphatic carbocycles. The standard InChI is InChI=1S/C24H21ClN2O4/c1-27-13-17(14-5-7-15(25)8-6-14)21(22(28)20-4-3-11-31-20)24(27)18-12-16(30-2)9-10-19(18)26-23(24)29/h3-12,17,21H,13H2,1-2H3,(H,26,29)/t17-,21-,24-/m1/s1. The summed E-state index contributed by atoms with van der Waals surface area (Å²) in [5.74, 6) is -0.495. The van der Waals surface area contributed by atoms with Crippen LogP contribution in [0.5, 0.6) is 5.75 Å². The summed E-state index contributed by atoms with van der Waals surface area (Å²) in [5, 5.41) is 3.60. The second-order valence-electron chi connectivity index (χ2n) is 7.99. The highest BCUT2D eigenvalue weighted by Gasteiger charge is 2.64. The highest BCUT2D eigenvalue weighted by Crippen LogP contribution is 2.56. The van der Waals surface area contributed by atoms with Crippen LogP contribution in [-0.2, 0) is 10.3 Å². The third-order valence-electron chi connectivity index (χ3n) is 6.50. The van der Waals surface area contributed by atoms with E-state index < -0.39 is 11.5 Å². The number of Topliss-reactive ketones (excluding diaryl/α,β-unsaturated/α-hetero) is 1. The Labute approximate surface area is 184 Å². The number of anilines is 1. The van der Waals surface area contributed by atoms with Gasteiger partial charge in [-0.25, -0.2) is 0 Å². The van der Waals surface area contributed by atoms with Gasteiger partial charge in [-0.3, -0.25) is 14.5 Å². The minimum atomic E-state index is -1.18. The number of nitrogens with zero attached hydrogens (tertiary/aromatic N) is 1. The van der Waals surface area contributed by atoms with Crippen molar-refractivity contribution in [3.63, 3.8) is 0 Å².